The molecule has 0 amide bonds. The van der Waals surface area contributed by atoms with E-state index in [0.29, 0.717) is 11.3 Å². The van der Waals surface area contributed by atoms with Crippen LogP contribution in [0.3, 0.4) is 0 Å². The highest BCUT2D eigenvalue weighted by molar-refractivity contribution is 5.98. The molecule has 2 rings (SSSR count). The first-order valence-electron chi connectivity index (χ1n) is 4.57. The first-order chi connectivity index (χ1) is 6.88. The number of furan rings is 1. The van der Waals surface area contributed by atoms with Gasteiger partial charge in [0.05, 0.1) is 11.5 Å². The largest absolute Gasteiger partial charge is 0.466 e. The number of fused-ring (bicyclic) bond motifs is 1. The molecule has 0 bridgehead atoms. The Labute approximate surface area is 84.1 Å². The molecule has 0 N–H and O–H groups in total. The van der Waals surface area contributed by atoms with E-state index < -0.39 is 24.3 Å². The fourth-order valence-corrected chi connectivity index (χ4v) is 1.81. The molecule has 0 saturated carbocycles. The van der Waals surface area contributed by atoms with Crippen LogP contribution >= 0.6 is 0 Å². The number of aryl methyl sites for hydroxylation is 1. The van der Waals surface area contributed by atoms with Crippen molar-refractivity contribution < 1.29 is 22.4 Å². The number of halogens is 3. The molecule has 1 aliphatic rings. The van der Waals surface area contributed by atoms with E-state index in [4.69, 9.17) is 4.42 Å². The Morgan fingerprint density at radius 3 is 2.67 bits per heavy atom. The Kier molecular flexibility index (Phi) is 2.13. The number of rotatable bonds is 0. The molecule has 0 aliphatic heterocycles. The molecule has 0 fully saturated rings. The summed E-state index contributed by atoms with van der Waals surface area (Å²) in [6.45, 7) is 1.62. The molecule has 1 aliphatic carbocycles. The monoisotopic (exact) mass is 218 g/mol. The second-order valence-corrected chi connectivity index (χ2v) is 3.76. The third-order valence-corrected chi connectivity index (χ3v) is 2.56. The van der Waals surface area contributed by atoms with E-state index in [9.17, 15) is 18.0 Å². The third kappa shape index (κ3) is 1.78. The fourth-order valence-electron chi connectivity index (χ4n) is 1.81. The summed E-state index contributed by atoms with van der Waals surface area (Å²) in [5.74, 6) is -1.42. The van der Waals surface area contributed by atoms with Gasteiger partial charge in [-0.2, -0.15) is 13.2 Å². The maximum Gasteiger partial charge on any atom is 0.392 e. The Morgan fingerprint density at radius 2 is 2.07 bits per heavy atom. The van der Waals surface area contributed by atoms with E-state index in [1.54, 1.807) is 6.92 Å². The van der Waals surface area contributed by atoms with E-state index in [0.717, 1.165) is 0 Å². The number of ketones is 1. The fraction of sp³-hybridized carbons (Fsp3) is 0.500. The lowest BCUT2D eigenvalue weighted by atomic mass is 9.87. The molecule has 2 nitrogen and oxygen atoms in total. The number of alkyl halides is 3. The van der Waals surface area contributed by atoms with E-state index >= 15 is 0 Å². The number of carbonyl (C=O) groups is 1. The highest BCUT2D eigenvalue weighted by atomic mass is 19.4. The molecular formula is C10H9F3O2. The van der Waals surface area contributed by atoms with Crippen molar-refractivity contribution >= 4 is 5.78 Å². The molecule has 0 saturated heterocycles. The number of hydrogen-bond donors (Lipinski definition) is 0. The van der Waals surface area contributed by atoms with Gasteiger partial charge in [-0.05, 0) is 13.0 Å². The van der Waals surface area contributed by atoms with Gasteiger partial charge < -0.3 is 4.42 Å². The number of hydrogen-bond acceptors (Lipinski definition) is 2. The Balaban J connectivity index is 2.34. The minimum atomic E-state index is -4.33. The van der Waals surface area contributed by atoms with Gasteiger partial charge in [0.25, 0.3) is 0 Å². The maximum atomic E-state index is 12.4. The quantitative estimate of drug-likeness (QED) is 0.670. The van der Waals surface area contributed by atoms with Crippen LogP contribution in [0.25, 0.3) is 0 Å². The molecule has 82 valence electrons. The molecule has 1 atom stereocenters. The van der Waals surface area contributed by atoms with Crippen LogP contribution < -0.4 is 0 Å². The van der Waals surface area contributed by atoms with Crippen molar-refractivity contribution in [3.05, 3.63) is 23.2 Å². The van der Waals surface area contributed by atoms with Gasteiger partial charge in [0.1, 0.15) is 11.5 Å². The molecule has 0 radical (unpaired) electrons. The van der Waals surface area contributed by atoms with Crippen molar-refractivity contribution in [1.82, 2.24) is 0 Å². The Hall–Kier alpha value is -1.26. The summed E-state index contributed by atoms with van der Waals surface area (Å²) in [6, 6.07) is 1.50. The second kappa shape index (κ2) is 3.12. The summed E-state index contributed by atoms with van der Waals surface area (Å²) in [5.41, 5.74) is 0.313. The predicted molar refractivity (Wildman–Crippen MR) is 45.6 cm³/mol. The summed E-state index contributed by atoms with van der Waals surface area (Å²) in [6.07, 6.45) is -5.01. The summed E-state index contributed by atoms with van der Waals surface area (Å²) in [5, 5.41) is 0. The zero-order valence-electron chi connectivity index (χ0n) is 8.02. The summed E-state index contributed by atoms with van der Waals surface area (Å²) in [4.78, 5) is 11.4. The van der Waals surface area contributed by atoms with Gasteiger partial charge in [-0.15, -0.1) is 0 Å². The second-order valence-electron chi connectivity index (χ2n) is 3.76. The van der Waals surface area contributed by atoms with Gasteiger partial charge in [0.2, 0.25) is 0 Å². The van der Waals surface area contributed by atoms with Crippen LogP contribution in [-0.2, 0) is 6.42 Å². The van der Waals surface area contributed by atoms with E-state index in [1.165, 1.54) is 6.07 Å². The van der Waals surface area contributed by atoms with Gasteiger partial charge in [-0.25, -0.2) is 0 Å². The first kappa shape index (κ1) is 10.3. The highest BCUT2D eigenvalue weighted by Gasteiger charge is 2.44. The van der Waals surface area contributed by atoms with Gasteiger partial charge in [0, 0.05) is 12.8 Å². The third-order valence-electron chi connectivity index (χ3n) is 2.56. The van der Waals surface area contributed by atoms with Crippen LogP contribution in [0.1, 0.15) is 28.3 Å². The van der Waals surface area contributed by atoms with Crippen LogP contribution in [0.15, 0.2) is 10.5 Å². The molecule has 1 aromatic heterocycles. The van der Waals surface area contributed by atoms with Crippen molar-refractivity contribution in [1.29, 1.82) is 0 Å². The van der Waals surface area contributed by atoms with Crippen LogP contribution in [0.2, 0.25) is 0 Å². The van der Waals surface area contributed by atoms with Gasteiger partial charge >= 0.3 is 6.18 Å². The minimum Gasteiger partial charge on any atom is -0.466 e. The zero-order chi connectivity index (χ0) is 11.2. The first-order valence-corrected chi connectivity index (χ1v) is 4.57. The lowest BCUT2D eigenvalue weighted by Gasteiger charge is -2.22. The average Bonchev–Trinajstić information content (AvgIpc) is 2.44. The van der Waals surface area contributed by atoms with Crippen LogP contribution in [0.4, 0.5) is 13.2 Å². The van der Waals surface area contributed by atoms with Crippen molar-refractivity contribution in [2.75, 3.05) is 0 Å². The lowest BCUT2D eigenvalue weighted by Crippen LogP contribution is -2.31. The van der Waals surface area contributed by atoms with Crippen LogP contribution in [-0.4, -0.2) is 12.0 Å². The summed E-state index contributed by atoms with van der Waals surface area (Å²) < 4.78 is 42.3. The van der Waals surface area contributed by atoms with Crippen molar-refractivity contribution in [3.8, 4) is 0 Å². The maximum absolute atomic E-state index is 12.4. The summed E-state index contributed by atoms with van der Waals surface area (Å²) >= 11 is 0. The molecule has 5 heteroatoms. The average molecular weight is 218 g/mol. The highest BCUT2D eigenvalue weighted by Crippen LogP contribution is 2.37. The number of carbonyl (C=O) groups excluding carboxylic acids is 1. The molecular weight excluding hydrogens is 209 g/mol. The van der Waals surface area contributed by atoms with E-state index in [-0.39, 0.29) is 12.2 Å². The minimum absolute atomic E-state index is 0.172. The molecule has 0 spiro atoms. The van der Waals surface area contributed by atoms with Crippen molar-refractivity contribution in [2.45, 2.75) is 25.9 Å². The standard InChI is InChI=1S/C10H9F3O2/c1-5-2-7-8(14)3-6(10(11,12)13)4-9(7)15-5/h2,6H,3-4H2,1H3/t6-/m0/s1. The van der Waals surface area contributed by atoms with Gasteiger partial charge in [-0.3, -0.25) is 4.79 Å². The normalized spacial score (nSPS) is 21.6. The van der Waals surface area contributed by atoms with Crippen LogP contribution in [0, 0.1) is 12.8 Å². The Morgan fingerprint density at radius 1 is 1.40 bits per heavy atom. The topological polar surface area (TPSA) is 30.2 Å². The molecule has 1 aromatic rings. The van der Waals surface area contributed by atoms with Crippen molar-refractivity contribution in [2.24, 2.45) is 5.92 Å². The van der Waals surface area contributed by atoms with Gasteiger partial charge in [0.15, 0.2) is 5.78 Å². The smallest absolute Gasteiger partial charge is 0.392 e. The molecule has 15 heavy (non-hydrogen) atoms. The molecule has 0 aromatic carbocycles. The zero-order valence-corrected chi connectivity index (χ0v) is 8.02. The SMILES string of the molecule is Cc1cc2c(o1)C[C@@H](C(F)(F)F)CC2=O. The molecule has 1 heterocycles. The summed E-state index contributed by atoms with van der Waals surface area (Å²) in [7, 11) is 0. The lowest BCUT2D eigenvalue weighted by molar-refractivity contribution is -0.174. The van der Waals surface area contributed by atoms with E-state index in [2.05, 4.69) is 0 Å². The number of Topliss-reactive ketones (excluding diaryl/α,β-unsaturated/α-hetero) is 1. The predicted octanol–water partition coefficient (Wildman–Crippen LogP) is 2.90. The molecule has 0 unspecified atom stereocenters. The van der Waals surface area contributed by atoms with E-state index in [1.807, 2.05) is 0 Å². The van der Waals surface area contributed by atoms with Crippen LogP contribution in [0.5, 0.6) is 0 Å². The van der Waals surface area contributed by atoms with Gasteiger partial charge in [-0.1, -0.05) is 0 Å². The van der Waals surface area contributed by atoms with Crippen molar-refractivity contribution in [3.63, 3.8) is 0 Å². The Bertz CT molecular complexity index is 403.